The maximum atomic E-state index is 12.3. The number of thiazole rings is 1. The quantitative estimate of drug-likeness (QED) is 0.896. The number of carbonyl (C=O) groups excluding carboxylic acids is 1. The highest BCUT2D eigenvalue weighted by molar-refractivity contribution is 7.22. The van der Waals surface area contributed by atoms with E-state index in [-0.39, 0.29) is 11.9 Å². The molecule has 3 atom stereocenters. The Labute approximate surface area is 125 Å². The van der Waals surface area contributed by atoms with Crippen LogP contribution in [0.25, 0.3) is 10.2 Å². The van der Waals surface area contributed by atoms with E-state index in [9.17, 15) is 4.79 Å². The van der Waals surface area contributed by atoms with Crippen molar-refractivity contribution < 1.29 is 4.79 Å². The number of benzene rings is 1. The summed E-state index contributed by atoms with van der Waals surface area (Å²) in [7, 11) is 0. The van der Waals surface area contributed by atoms with E-state index < -0.39 is 0 Å². The van der Waals surface area contributed by atoms with Crippen molar-refractivity contribution in [1.82, 2.24) is 15.6 Å². The average Bonchev–Trinajstić information content (AvgIpc) is 3.10. The molecule has 104 valence electrons. The molecule has 2 aliphatic heterocycles. The van der Waals surface area contributed by atoms with Crippen molar-refractivity contribution in [2.24, 2.45) is 0 Å². The van der Waals surface area contributed by atoms with Gasteiger partial charge in [-0.05, 0) is 37.5 Å². The fraction of sp³-hybridized carbons (Fsp3) is 0.429. The summed E-state index contributed by atoms with van der Waals surface area (Å²) < 4.78 is 1.46. The third-order valence-electron chi connectivity index (χ3n) is 4.24. The highest BCUT2D eigenvalue weighted by atomic mass is 35.5. The van der Waals surface area contributed by atoms with E-state index in [0.29, 0.717) is 22.1 Å². The molecule has 4 rings (SSSR count). The lowest BCUT2D eigenvalue weighted by Crippen LogP contribution is -2.42. The van der Waals surface area contributed by atoms with Crippen LogP contribution in [-0.4, -0.2) is 29.0 Å². The lowest BCUT2D eigenvalue weighted by molar-refractivity contribution is 0.0931. The standard InChI is InChI=1S/C14H14ClN3OS/c15-14-18-10-3-1-7(5-12(10)20-14)13(19)17-11-6-8-2-4-9(11)16-8/h1,3,5,8-9,11,16H,2,4,6H2,(H,17,19)/t8-,9+,11-/m1/s1. The minimum Gasteiger partial charge on any atom is -0.348 e. The van der Waals surface area contributed by atoms with Gasteiger partial charge in [-0.1, -0.05) is 11.6 Å². The molecule has 0 saturated carbocycles. The van der Waals surface area contributed by atoms with Gasteiger partial charge >= 0.3 is 0 Å². The van der Waals surface area contributed by atoms with Gasteiger partial charge in [-0.2, -0.15) is 0 Å². The van der Waals surface area contributed by atoms with Crippen LogP contribution in [0.3, 0.4) is 0 Å². The van der Waals surface area contributed by atoms with Crippen molar-refractivity contribution in [2.45, 2.75) is 37.4 Å². The van der Waals surface area contributed by atoms with Crippen LogP contribution < -0.4 is 10.6 Å². The van der Waals surface area contributed by atoms with Gasteiger partial charge in [0.05, 0.1) is 10.2 Å². The van der Waals surface area contributed by atoms with Crippen molar-refractivity contribution >= 4 is 39.1 Å². The van der Waals surface area contributed by atoms with Crippen LogP contribution >= 0.6 is 22.9 Å². The molecular formula is C14H14ClN3OS. The first-order chi connectivity index (χ1) is 9.69. The first-order valence-corrected chi connectivity index (χ1v) is 8.01. The zero-order valence-electron chi connectivity index (χ0n) is 10.7. The summed E-state index contributed by atoms with van der Waals surface area (Å²) in [6.07, 6.45) is 3.45. The van der Waals surface area contributed by atoms with E-state index in [1.807, 2.05) is 18.2 Å². The second-order valence-corrected chi connectivity index (χ2v) is 7.13. The molecule has 6 heteroatoms. The Kier molecular flexibility index (Phi) is 2.94. The van der Waals surface area contributed by atoms with Gasteiger partial charge in [0.15, 0.2) is 4.47 Å². The van der Waals surface area contributed by atoms with Crippen LogP contribution in [-0.2, 0) is 0 Å². The summed E-state index contributed by atoms with van der Waals surface area (Å²) in [5.74, 6) is -0.00391. The van der Waals surface area contributed by atoms with Gasteiger partial charge in [0.25, 0.3) is 5.91 Å². The normalized spacial score (nSPS) is 28.1. The molecule has 4 nitrogen and oxygen atoms in total. The third-order valence-corrected chi connectivity index (χ3v) is 5.36. The molecule has 0 unspecified atom stereocenters. The molecule has 20 heavy (non-hydrogen) atoms. The molecule has 1 amide bonds. The van der Waals surface area contributed by atoms with Crippen LogP contribution in [0.2, 0.25) is 4.47 Å². The summed E-state index contributed by atoms with van der Waals surface area (Å²) in [4.78, 5) is 16.5. The molecular weight excluding hydrogens is 294 g/mol. The van der Waals surface area contributed by atoms with Crippen LogP contribution in [0.5, 0.6) is 0 Å². The van der Waals surface area contributed by atoms with Gasteiger partial charge in [0.2, 0.25) is 0 Å². The fourth-order valence-electron chi connectivity index (χ4n) is 3.27. The molecule has 2 aromatic rings. The SMILES string of the molecule is O=C(N[C@@H]1C[C@H]2CC[C@@H]1N2)c1ccc2nc(Cl)sc2c1. The predicted molar refractivity (Wildman–Crippen MR) is 80.4 cm³/mol. The molecule has 2 saturated heterocycles. The van der Waals surface area contributed by atoms with E-state index in [1.54, 1.807) is 0 Å². The Morgan fingerprint density at radius 3 is 3.10 bits per heavy atom. The molecule has 1 aromatic carbocycles. The van der Waals surface area contributed by atoms with Crippen molar-refractivity contribution in [3.63, 3.8) is 0 Å². The van der Waals surface area contributed by atoms with Crippen molar-refractivity contribution in [3.05, 3.63) is 28.2 Å². The van der Waals surface area contributed by atoms with Gasteiger partial charge in [-0.15, -0.1) is 11.3 Å². The number of hydrogen-bond acceptors (Lipinski definition) is 4. The largest absolute Gasteiger partial charge is 0.348 e. The number of fused-ring (bicyclic) bond motifs is 3. The second kappa shape index (κ2) is 4.69. The predicted octanol–water partition coefficient (Wildman–Crippen LogP) is 2.57. The van der Waals surface area contributed by atoms with Crippen LogP contribution in [0.1, 0.15) is 29.6 Å². The smallest absolute Gasteiger partial charge is 0.251 e. The van der Waals surface area contributed by atoms with Gasteiger partial charge in [0, 0.05) is 23.7 Å². The Morgan fingerprint density at radius 1 is 1.45 bits per heavy atom. The first kappa shape index (κ1) is 12.6. The number of amides is 1. The van der Waals surface area contributed by atoms with E-state index in [2.05, 4.69) is 15.6 Å². The zero-order chi connectivity index (χ0) is 13.7. The van der Waals surface area contributed by atoms with Crippen molar-refractivity contribution in [2.75, 3.05) is 0 Å². The molecule has 3 heterocycles. The topological polar surface area (TPSA) is 54.0 Å². The van der Waals surface area contributed by atoms with Crippen LogP contribution in [0.15, 0.2) is 18.2 Å². The first-order valence-electron chi connectivity index (χ1n) is 6.82. The van der Waals surface area contributed by atoms with E-state index in [1.165, 1.54) is 24.2 Å². The van der Waals surface area contributed by atoms with Crippen LogP contribution in [0, 0.1) is 0 Å². The molecule has 1 aromatic heterocycles. The lowest BCUT2D eigenvalue weighted by atomic mass is 9.95. The highest BCUT2D eigenvalue weighted by Crippen LogP contribution is 2.29. The monoisotopic (exact) mass is 307 g/mol. The minimum atomic E-state index is -0.00391. The highest BCUT2D eigenvalue weighted by Gasteiger charge is 2.39. The van der Waals surface area contributed by atoms with Crippen molar-refractivity contribution in [3.8, 4) is 0 Å². The van der Waals surface area contributed by atoms with E-state index in [4.69, 9.17) is 11.6 Å². The number of nitrogens with one attached hydrogen (secondary N) is 2. The number of carbonyl (C=O) groups is 1. The number of nitrogens with zero attached hydrogens (tertiary/aromatic N) is 1. The summed E-state index contributed by atoms with van der Waals surface area (Å²) in [6, 6.07) is 6.84. The number of hydrogen-bond donors (Lipinski definition) is 2. The third kappa shape index (κ3) is 2.10. The Balaban J connectivity index is 1.54. The van der Waals surface area contributed by atoms with Gasteiger partial charge in [-0.25, -0.2) is 4.98 Å². The molecule has 2 bridgehead atoms. The molecule has 0 spiro atoms. The molecule has 2 N–H and O–H groups in total. The molecule has 0 radical (unpaired) electrons. The number of halogens is 1. The van der Waals surface area contributed by atoms with Gasteiger partial charge in [-0.3, -0.25) is 4.79 Å². The Bertz CT molecular complexity index is 686. The fourth-order valence-corrected chi connectivity index (χ4v) is 4.34. The maximum absolute atomic E-state index is 12.3. The number of aromatic nitrogens is 1. The summed E-state index contributed by atoms with van der Waals surface area (Å²) in [6.45, 7) is 0. The van der Waals surface area contributed by atoms with Crippen LogP contribution in [0.4, 0.5) is 0 Å². The summed E-state index contributed by atoms with van der Waals surface area (Å²) in [5.41, 5.74) is 1.53. The van der Waals surface area contributed by atoms with Gasteiger partial charge in [0.1, 0.15) is 0 Å². The lowest BCUT2D eigenvalue weighted by Gasteiger charge is -2.21. The van der Waals surface area contributed by atoms with Gasteiger partial charge < -0.3 is 10.6 Å². The Hall–Kier alpha value is -1.17. The zero-order valence-corrected chi connectivity index (χ0v) is 12.3. The Morgan fingerprint density at radius 2 is 2.35 bits per heavy atom. The van der Waals surface area contributed by atoms with Crippen molar-refractivity contribution in [1.29, 1.82) is 0 Å². The summed E-state index contributed by atoms with van der Waals surface area (Å²) in [5, 5.41) is 6.68. The number of rotatable bonds is 2. The summed E-state index contributed by atoms with van der Waals surface area (Å²) >= 11 is 7.29. The molecule has 2 fully saturated rings. The minimum absolute atomic E-state index is 0.00391. The van der Waals surface area contributed by atoms with E-state index in [0.717, 1.165) is 16.6 Å². The maximum Gasteiger partial charge on any atom is 0.251 e. The average molecular weight is 308 g/mol. The van der Waals surface area contributed by atoms with E-state index >= 15 is 0 Å². The molecule has 0 aliphatic carbocycles. The molecule has 2 aliphatic rings. The second-order valence-electron chi connectivity index (χ2n) is 5.51.